The predicted octanol–water partition coefficient (Wildman–Crippen LogP) is 3.40. The van der Waals surface area contributed by atoms with E-state index in [1.165, 1.54) is 31.0 Å². The molecule has 0 spiro atoms. The van der Waals surface area contributed by atoms with E-state index in [1.54, 1.807) is 17.4 Å². The zero-order chi connectivity index (χ0) is 14.4. The standard InChI is InChI=1S/C14H14FNO2S2/c1-18-14(17)9-19-6-5-13-16-12(8-20-13)10-3-2-4-11(15)7-10/h2-4,7-8H,5-6,9H2,1H3. The molecule has 0 amide bonds. The Bertz CT molecular complexity index is 586. The molecule has 0 aliphatic heterocycles. The summed E-state index contributed by atoms with van der Waals surface area (Å²) in [6, 6.07) is 6.41. The fourth-order valence-electron chi connectivity index (χ4n) is 1.58. The summed E-state index contributed by atoms with van der Waals surface area (Å²) in [6.07, 6.45) is 0.793. The Morgan fingerprint density at radius 3 is 3.10 bits per heavy atom. The minimum absolute atomic E-state index is 0.213. The lowest BCUT2D eigenvalue weighted by molar-refractivity contribution is -0.137. The highest BCUT2D eigenvalue weighted by atomic mass is 32.2. The lowest BCUT2D eigenvalue weighted by atomic mass is 10.2. The van der Waals surface area contributed by atoms with Gasteiger partial charge in [0, 0.05) is 23.1 Å². The molecule has 0 aliphatic carbocycles. The number of rotatable bonds is 6. The first-order valence-corrected chi connectivity index (χ1v) is 8.07. The number of thiazole rings is 1. The summed E-state index contributed by atoms with van der Waals surface area (Å²) >= 11 is 3.07. The van der Waals surface area contributed by atoms with Crippen LogP contribution in [0.15, 0.2) is 29.6 Å². The average Bonchev–Trinajstić information content (AvgIpc) is 2.92. The van der Waals surface area contributed by atoms with Gasteiger partial charge in [-0.05, 0) is 12.1 Å². The minimum Gasteiger partial charge on any atom is -0.468 e. The van der Waals surface area contributed by atoms with Crippen LogP contribution in [0.3, 0.4) is 0 Å². The van der Waals surface area contributed by atoms with E-state index in [0.717, 1.165) is 28.4 Å². The summed E-state index contributed by atoms with van der Waals surface area (Å²) in [5.41, 5.74) is 1.58. The molecule has 3 nitrogen and oxygen atoms in total. The highest BCUT2D eigenvalue weighted by molar-refractivity contribution is 7.99. The molecular weight excluding hydrogens is 297 g/mol. The van der Waals surface area contributed by atoms with E-state index >= 15 is 0 Å². The molecule has 6 heteroatoms. The van der Waals surface area contributed by atoms with Gasteiger partial charge < -0.3 is 4.74 Å². The van der Waals surface area contributed by atoms with Gasteiger partial charge in [0.2, 0.25) is 0 Å². The van der Waals surface area contributed by atoms with Crippen molar-refractivity contribution < 1.29 is 13.9 Å². The van der Waals surface area contributed by atoms with Gasteiger partial charge in [0.15, 0.2) is 0 Å². The molecule has 0 N–H and O–H groups in total. The monoisotopic (exact) mass is 311 g/mol. The van der Waals surface area contributed by atoms with Crippen molar-refractivity contribution in [1.82, 2.24) is 4.98 Å². The molecule has 0 saturated heterocycles. The molecule has 1 heterocycles. The number of thioether (sulfide) groups is 1. The molecule has 106 valence electrons. The smallest absolute Gasteiger partial charge is 0.315 e. The van der Waals surface area contributed by atoms with Gasteiger partial charge in [-0.25, -0.2) is 9.37 Å². The van der Waals surface area contributed by atoms with Gasteiger partial charge >= 0.3 is 5.97 Å². The third-order valence-corrected chi connectivity index (χ3v) is 4.42. The van der Waals surface area contributed by atoms with E-state index in [0.29, 0.717) is 5.75 Å². The van der Waals surface area contributed by atoms with Gasteiger partial charge in [-0.2, -0.15) is 0 Å². The SMILES string of the molecule is COC(=O)CSCCc1nc(-c2cccc(F)c2)cs1. The highest BCUT2D eigenvalue weighted by Gasteiger charge is 2.06. The Hall–Kier alpha value is -1.40. The minimum atomic E-state index is -0.259. The third kappa shape index (κ3) is 4.31. The number of carbonyl (C=O) groups is 1. The van der Waals surface area contributed by atoms with E-state index in [4.69, 9.17) is 0 Å². The van der Waals surface area contributed by atoms with Crippen LogP contribution in [0.2, 0.25) is 0 Å². The number of hydrogen-bond donors (Lipinski definition) is 0. The maximum atomic E-state index is 13.1. The van der Waals surface area contributed by atoms with Crippen molar-refractivity contribution >= 4 is 29.1 Å². The van der Waals surface area contributed by atoms with Crippen molar-refractivity contribution in [3.05, 3.63) is 40.5 Å². The van der Waals surface area contributed by atoms with Gasteiger partial charge in [-0.3, -0.25) is 4.79 Å². The average molecular weight is 311 g/mol. The first-order valence-electron chi connectivity index (χ1n) is 6.04. The Kier molecular flexibility index (Phi) is 5.55. The predicted molar refractivity (Wildman–Crippen MR) is 80.6 cm³/mol. The quantitative estimate of drug-likeness (QED) is 0.605. The molecule has 0 saturated carbocycles. The van der Waals surface area contributed by atoms with Crippen LogP contribution in [0.25, 0.3) is 11.3 Å². The highest BCUT2D eigenvalue weighted by Crippen LogP contribution is 2.23. The maximum Gasteiger partial charge on any atom is 0.315 e. The zero-order valence-corrected chi connectivity index (χ0v) is 12.6. The number of esters is 1. The zero-order valence-electron chi connectivity index (χ0n) is 11.0. The van der Waals surface area contributed by atoms with Gasteiger partial charge in [-0.15, -0.1) is 23.1 Å². The van der Waals surface area contributed by atoms with Crippen LogP contribution in [0, 0.1) is 5.82 Å². The lowest BCUT2D eigenvalue weighted by Gasteiger charge is -1.98. The molecule has 0 fully saturated rings. The van der Waals surface area contributed by atoms with Gasteiger partial charge in [0.05, 0.1) is 23.6 Å². The lowest BCUT2D eigenvalue weighted by Crippen LogP contribution is -2.04. The van der Waals surface area contributed by atoms with Crippen molar-refractivity contribution in [2.75, 3.05) is 18.6 Å². The number of aryl methyl sites for hydroxylation is 1. The molecular formula is C14H14FNO2S2. The van der Waals surface area contributed by atoms with Gasteiger partial charge in [-0.1, -0.05) is 12.1 Å². The van der Waals surface area contributed by atoms with Gasteiger partial charge in [0.25, 0.3) is 0 Å². The summed E-state index contributed by atoms with van der Waals surface area (Å²) in [5.74, 6) is 0.698. The summed E-state index contributed by atoms with van der Waals surface area (Å²) in [6.45, 7) is 0. The third-order valence-electron chi connectivity index (χ3n) is 2.58. The largest absolute Gasteiger partial charge is 0.468 e. The van der Waals surface area contributed by atoms with Crippen molar-refractivity contribution in [3.63, 3.8) is 0 Å². The van der Waals surface area contributed by atoms with Crippen LogP contribution >= 0.6 is 23.1 Å². The number of halogens is 1. The van der Waals surface area contributed by atoms with Crippen LogP contribution in [-0.4, -0.2) is 29.6 Å². The Balaban J connectivity index is 1.88. The second-order valence-electron chi connectivity index (χ2n) is 4.02. The van der Waals surface area contributed by atoms with Crippen LogP contribution < -0.4 is 0 Å². The van der Waals surface area contributed by atoms with E-state index in [1.807, 2.05) is 11.4 Å². The summed E-state index contributed by atoms with van der Waals surface area (Å²) in [4.78, 5) is 15.4. The van der Waals surface area contributed by atoms with Crippen molar-refractivity contribution in [1.29, 1.82) is 0 Å². The summed E-state index contributed by atoms with van der Waals surface area (Å²) in [7, 11) is 1.38. The number of ether oxygens (including phenoxy) is 1. The molecule has 2 aromatic rings. The summed E-state index contributed by atoms with van der Waals surface area (Å²) < 4.78 is 17.7. The second kappa shape index (κ2) is 7.40. The number of carbonyl (C=O) groups excluding carboxylic acids is 1. The van der Waals surface area contributed by atoms with Crippen molar-refractivity contribution in [2.24, 2.45) is 0 Å². The van der Waals surface area contributed by atoms with E-state index in [2.05, 4.69) is 9.72 Å². The normalized spacial score (nSPS) is 10.5. The topological polar surface area (TPSA) is 39.2 Å². The van der Waals surface area contributed by atoms with Crippen LogP contribution in [0.1, 0.15) is 5.01 Å². The first kappa shape index (κ1) is 15.0. The van der Waals surface area contributed by atoms with E-state index in [9.17, 15) is 9.18 Å². The molecule has 0 radical (unpaired) electrons. The molecule has 0 bridgehead atoms. The number of nitrogens with zero attached hydrogens (tertiary/aromatic N) is 1. The van der Waals surface area contributed by atoms with E-state index < -0.39 is 0 Å². The molecule has 2 rings (SSSR count). The Morgan fingerprint density at radius 1 is 1.50 bits per heavy atom. The van der Waals surface area contributed by atoms with Crippen LogP contribution in [-0.2, 0) is 16.0 Å². The number of methoxy groups -OCH3 is 1. The van der Waals surface area contributed by atoms with Crippen LogP contribution in [0.4, 0.5) is 4.39 Å². The fraction of sp³-hybridized carbons (Fsp3) is 0.286. The number of hydrogen-bond acceptors (Lipinski definition) is 5. The fourth-order valence-corrected chi connectivity index (χ4v) is 3.28. The number of aromatic nitrogens is 1. The Labute approximate surface area is 125 Å². The van der Waals surface area contributed by atoms with Crippen molar-refractivity contribution in [2.45, 2.75) is 6.42 Å². The molecule has 1 aromatic carbocycles. The molecule has 0 aliphatic rings. The molecule has 1 aromatic heterocycles. The van der Waals surface area contributed by atoms with Gasteiger partial charge in [0.1, 0.15) is 5.82 Å². The maximum absolute atomic E-state index is 13.1. The molecule has 0 unspecified atom stereocenters. The van der Waals surface area contributed by atoms with E-state index in [-0.39, 0.29) is 11.8 Å². The number of benzene rings is 1. The van der Waals surface area contributed by atoms with Crippen LogP contribution in [0.5, 0.6) is 0 Å². The second-order valence-corrected chi connectivity index (χ2v) is 6.06. The molecule has 0 atom stereocenters. The Morgan fingerprint density at radius 2 is 2.35 bits per heavy atom. The van der Waals surface area contributed by atoms with Crippen molar-refractivity contribution in [3.8, 4) is 11.3 Å². The molecule has 20 heavy (non-hydrogen) atoms. The summed E-state index contributed by atoms with van der Waals surface area (Å²) in [5, 5.41) is 2.91. The first-order chi connectivity index (χ1) is 9.69.